The summed E-state index contributed by atoms with van der Waals surface area (Å²) in [6.07, 6.45) is 2.09. The number of rotatable bonds is 8. The Bertz CT molecular complexity index is 426. The van der Waals surface area contributed by atoms with Crippen LogP contribution < -0.4 is 4.74 Å². The van der Waals surface area contributed by atoms with Gasteiger partial charge in [-0.15, -0.1) is 0 Å². The predicted molar refractivity (Wildman–Crippen MR) is 88.6 cm³/mol. The number of halogens is 1. The van der Waals surface area contributed by atoms with Crippen molar-refractivity contribution < 1.29 is 14.6 Å². The third kappa shape index (κ3) is 6.53. The fraction of sp³-hybridized carbons (Fsp3) is 0.647. The number of piperidine rings is 1. The van der Waals surface area contributed by atoms with Gasteiger partial charge in [0.1, 0.15) is 12.4 Å². The summed E-state index contributed by atoms with van der Waals surface area (Å²) < 4.78 is 11.0. The molecule has 1 aromatic rings. The lowest BCUT2D eigenvalue weighted by Crippen LogP contribution is -2.40. The van der Waals surface area contributed by atoms with E-state index in [1.54, 1.807) is 12.1 Å². The molecule has 5 heteroatoms. The summed E-state index contributed by atoms with van der Waals surface area (Å²) in [5.41, 5.74) is 0. The van der Waals surface area contributed by atoms with Crippen LogP contribution in [-0.4, -0.2) is 55.6 Å². The van der Waals surface area contributed by atoms with Crippen molar-refractivity contribution in [1.29, 1.82) is 0 Å². The topological polar surface area (TPSA) is 41.9 Å². The molecule has 2 atom stereocenters. The molecule has 0 bridgehead atoms. The molecule has 1 fully saturated rings. The van der Waals surface area contributed by atoms with Crippen LogP contribution >= 0.6 is 11.6 Å². The van der Waals surface area contributed by atoms with Crippen molar-refractivity contribution in [2.75, 3.05) is 39.5 Å². The van der Waals surface area contributed by atoms with E-state index in [1.165, 1.54) is 12.8 Å². The molecular formula is C17H26ClNO3. The summed E-state index contributed by atoms with van der Waals surface area (Å²) in [5, 5.41) is 10.7. The molecule has 0 amide bonds. The second kappa shape index (κ2) is 9.36. The van der Waals surface area contributed by atoms with Crippen LogP contribution in [0.5, 0.6) is 5.75 Å². The lowest BCUT2D eigenvalue weighted by Gasteiger charge is -2.32. The van der Waals surface area contributed by atoms with Gasteiger partial charge >= 0.3 is 0 Å². The molecular weight excluding hydrogens is 302 g/mol. The average molecular weight is 328 g/mol. The lowest BCUT2D eigenvalue weighted by atomic mass is 10.0. The second-order valence-electron chi connectivity index (χ2n) is 6.04. The average Bonchev–Trinajstić information content (AvgIpc) is 2.49. The van der Waals surface area contributed by atoms with E-state index in [1.807, 2.05) is 12.1 Å². The van der Waals surface area contributed by atoms with Gasteiger partial charge in [0.25, 0.3) is 0 Å². The van der Waals surface area contributed by atoms with Crippen molar-refractivity contribution in [1.82, 2.24) is 4.90 Å². The molecule has 1 aliphatic heterocycles. The smallest absolute Gasteiger partial charge is 0.119 e. The zero-order valence-electron chi connectivity index (χ0n) is 13.2. The minimum atomic E-state index is -0.430. The van der Waals surface area contributed by atoms with Gasteiger partial charge in [0.2, 0.25) is 0 Å². The number of aliphatic hydroxyl groups excluding tert-OH is 1. The van der Waals surface area contributed by atoms with Crippen LogP contribution in [-0.2, 0) is 4.74 Å². The first-order chi connectivity index (χ1) is 10.6. The molecule has 1 aliphatic rings. The van der Waals surface area contributed by atoms with Gasteiger partial charge in [-0.2, -0.15) is 0 Å². The highest BCUT2D eigenvalue weighted by molar-refractivity contribution is 6.30. The summed E-state index contributed by atoms with van der Waals surface area (Å²) in [7, 11) is 0. The number of nitrogens with zero attached hydrogens (tertiary/aromatic N) is 1. The van der Waals surface area contributed by atoms with Gasteiger partial charge in [-0.1, -0.05) is 18.5 Å². The van der Waals surface area contributed by atoms with E-state index in [0.29, 0.717) is 31.4 Å². The Morgan fingerprint density at radius 3 is 2.82 bits per heavy atom. The Labute approximate surface area is 138 Å². The standard InChI is InChI=1S/C17H26ClNO3/c1-14-3-2-8-19(11-14)12-16(20)13-21-9-10-22-17-6-4-15(18)5-7-17/h4-7,14,16,20H,2-3,8-13H2,1H3/t14-,16+/m1/s1. The molecule has 0 radical (unpaired) electrons. The van der Waals surface area contributed by atoms with E-state index in [-0.39, 0.29) is 0 Å². The van der Waals surface area contributed by atoms with Gasteiger partial charge in [-0.3, -0.25) is 0 Å². The molecule has 0 aromatic heterocycles. The number of ether oxygens (including phenoxy) is 2. The Balaban J connectivity index is 1.53. The van der Waals surface area contributed by atoms with Crippen molar-refractivity contribution in [2.24, 2.45) is 5.92 Å². The van der Waals surface area contributed by atoms with Gasteiger partial charge in [0.05, 0.1) is 19.3 Å². The fourth-order valence-electron chi connectivity index (χ4n) is 2.77. The van der Waals surface area contributed by atoms with Crippen molar-refractivity contribution in [2.45, 2.75) is 25.9 Å². The molecule has 2 rings (SSSR count). The van der Waals surface area contributed by atoms with Crippen LogP contribution in [0.1, 0.15) is 19.8 Å². The van der Waals surface area contributed by atoms with Crippen molar-refractivity contribution in [3.8, 4) is 5.75 Å². The molecule has 1 saturated heterocycles. The number of aliphatic hydroxyl groups is 1. The molecule has 0 spiro atoms. The SMILES string of the molecule is C[C@@H]1CCCN(C[C@H](O)COCCOc2ccc(Cl)cc2)C1. The van der Waals surface area contributed by atoms with Crippen LogP contribution in [0.3, 0.4) is 0 Å². The Morgan fingerprint density at radius 2 is 2.09 bits per heavy atom. The Kier molecular flexibility index (Phi) is 7.46. The van der Waals surface area contributed by atoms with Crippen LogP contribution in [0, 0.1) is 5.92 Å². The maximum absolute atomic E-state index is 10.0. The highest BCUT2D eigenvalue weighted by Crippen LogP contribution is 2.16. The second-order valence-corrected chi connectivity index (χ2v) is 6.47. The van der Waals surface area contributed by atoms with Crippen molar-refractivity contribution in [3.63, 3.8) is 0 Å². The van der Waals surface area contributed by atoms with E-state index in [2.05, 4.69) is 11.8 Å². The number of likely N-dealkylation sites (tertiary alicyclic amines) is 1. The van der Waals surface area contributed by atoms with Crippen LogP contribution in [0.2, 0.25) is 5.02 Å². The van der Waals surface area contributed by atoms with Crippen molar-refractivity contribution in [3.05, 3.63) is 29.3 Å². The molecule has 0 unspecified atom stereocenters. The lowest BCUT2D eigenvalue weighted by molar-refractivity contribution is 0.00223. The highest BCUT2D eigenvalue weighted by atomic mass is 35.5. The van der Waals surface area contributed by atoms with Gasteiger partial charge in [-0.25, -0.2) is 0 Å². The molecule has 22 heavy (non-hydrogen) atoms. The highest BCUT2D eigenvalue weighted by Gasteiger charge is 2.18. The van der Waals surface area contributed by atoms with Gasteiger partial charge in [0, 0.05) is 18.1 Å². The zero-order valence-corrected chi connectivity index (χ0v) is 14.0. The Hall–Kier alpha value is -0.810. The fourth-order valence-corrected chi connectivity index (χ4v) is 2.90. The minimum absolute atomic E-state index is 0.356. The quantitative estimate of drug-likeness (QED) is 0.746. The molecule has 1 aromatic carbocycles. The van der Waals surface area contributed by atoms with Gasteiger partial charge in [0.15, 0.2) is 0 Å². The number of benzene rings is 1. The summed E-state index contributed by atoms with van der Waals surface area (Å²) in [5.74, 6) is 1.51. The third-order valence-corrected chi connectivity index (χ3v) is 4.08. The largest absolute Gasteiger partial charge is 0.491 e. The number of β-amino-alcohol motifs (C(OH)–C–C–N with tert-alkyl or cyclic N) is 1. The van der Waals surface area contributed by atoms with Crippen LogP contribution in [0.25, 0.3) is 0 Å². The minimum Gasteiger partial charge on any atom is -0.491 e. The zero-order chi connectivity index (χ0) is 15.8. The predicted octanol–water partition coefficient (Wildman–Crippen LogP) is 2.83. The van der Waals surface area contributed by atoms with Gasteiger partial charge < -0.3 is 19.5 Å². The van der Waals surface area contributed by atoms with E-state index < -0.39 is 6.10 Å². The third-order valence-electron chi connectivity index (χ3n) is 3.83. The molecule has 0 saturated carbocycles. The van der Waals surface area contributed by atoms with E-state index in [4.69, 9.17) is 21.1 Å². The van der Waals surface area contributed by atoms with Crippen LogP contribution in [0.15, 0.2) is 24.3 Å². The Morgan fingerprint density at radius 1 is 1.32 bits per heavy atom. The first-order valence-electron chi connectivity index (χ1n) is 8.00. The maximum Gasteiger partial charge on any atom is 0.119 e. The van der Waals surface area contributed by atoms with Crippen LogP contribution in [0.4, 0.5) is 0 Å². The van der Waals surface area contributed by atoms with E-state index in [9.17, 15) is 5.11 Å². The van der Waals surface area contributed by atoms with Crippen molar-refractivity contribution >= 4 is 11.6 Å². The molecule has 1 N–H and O–H groups in total. The summed E-state index contributed by atoms with van der Waals surface area (Å²) >= 11 is 5.81. The van der Waals surface area contributed by atoms with Gasteiger partial charge in [-0.05, 0) is 49.6 Å². The molecule has 1 heterocycles. The summed E-state index contributed by atoms with van der Waals surface area (Å²) in [6, 6.07) is 7.24. The molecule has 0 aliphatic carbocycles. The normalized spacial score (nSPS) is 20.8. The maximum atomic E-state index is 10.0. The first-order valence-corrected chi connectivity index (χ1v) is 8.38. The number of hydrogen-bond donors (Lipinski definition) is 1. The summed E-state index contributed by atoms with van der Waals surface area (Å²) in [4.78, 5) is 2.33. The summed E-state index contributed by atoms with van der Waals surface area (Å²) in [6.45, 7) is 6.42. The molecule has 124 valence electrons. The van der Waals surface area contributed by atoms with E-state index in [0.717, 1.165) is 24.8 Å². The number of hydrogen-bond acceptors (Lipinski definition) is 4. The van der Waals surface area contributed by atoms with E-state index >= 15 is 0 Å². The monoisotopic (exact) mass is 327 g/mol. The molecule has 4 nitrogen and oxygen atoms in total. The first kappa shape index (κ1) is 17.5.